The molecule has 0 saturated heterocycles. The Morgan fingerprint density at radius 1 is 1.60 bits per heavy atom. The van der Waals surface area contributed by atoms with Gasteiger partial charge in [0.2, 0.25) is 0 Å². The lowest BCUT2D eigenvalue weighted by Gasteiger charge is -2.35. The van der Waals surface area contributed by atoms with Crippen molar-refractivity contribution in [2.45, 2.75) is 43.7 Å². The van der Waals surface area contributed by atoms with Crippen molar-refractivity contribution in [3.63, 3.8) is 0 Å². The Balaban J connectivity index is 2.03. The molecule has 1 aliphatic rings. The highest BCUT2D eigenvalue weighted by molar-refractivity contribution is 9.11. The van der Waals surface area contributed by atoms with Gasteiger partial charge in [0.05, 0.1) is 9.39 Å². The molecule has 0 radical (unpaired) electrons. The number of hydrogen-bond acceptors (Lipinski definition) is 3. The fourth-order valence-corrected chi connectivity index (χ4v) is 3.94. The van der Waals surface area contributed by atoms with Crippen LogP contribution in [0.1, 0.15) is 30.6 Å². The number of rotatable bonds is 2. The summed E-state index contributed by atoms with van der Waals surface area (Å²) in [5.74, 6) is 0. The van der Waals surface area contributed by atoms with Gasteiger partial charge in [-0.25, -0.2) is 0 Å². The van der Waals surface area contributed by atoms with Crippen LogP contribution in [0.5, 0.6) is 0 Å². The molecule has 0 aliphatic heterocycles. The lowest BCUT2D eigenvalue weighted by Crippen LogP contribution is -2.42. The lowest BCUT2D eigenvalue weighted by atomic mass is 9.80. The van der Waals surface area contributed by atoms with Gasteiger partial charge in [-0.1, -0.05) is 0 Å². The van der Waals surface area contributed by atoms with E-state index in [-0.39, 0.29) is 6.04 Å². The summed E-state index contributed by atoms with van der Waals surface area (Å²) in [5, 5.41) is 10.4. The highest BCUT2D eigenvalue weighted by atomic mass is 79.9. The first-order chi connectivity index (χ1) is 7.07. The molecule has 4 heteroatoms. The molecule has 1 saturated carbocycles. The second-order valence-electron chi connectivity index (χ2n) is 4.46. The van der Waals surface area contributed by atoms with E-state index in [1.54, 1.807) is 11.3 Å². The summed E-state index contributed by atoms with van der Waals surface area (Å²) in [6, 6.07) is 4.28. The van der Waals surface area contributed by atoms with Gasteiger partial charge < -0.3 is 10.8 Å². The number of nitrogens with two attached hydrogens (primary N) is 1. The predicted octanol–water partition coefficient (Wildman–Crippen LogP) is 2.69. The summed E-state index contributed by atoms with van der Waals surface area (Å²) >= 11 is 5.14. The fraction of sp³-hybridized carbons (Fsp3) is 0.636. The molecule has 1 aliphatic carbocycles. The first-order valence-electron chi connectivity index (χ1n) is 5.30. The van der Waals surface area contributed by atoms with Crippen LogP contribution < -0.4 is 5.73 Å². The molecule has 2 rings (SSSR count). The Bertz CT molecular complexity index is 341. The molecule has 0 aromatic carbocycles. The van der Waals surface area contributed by atoms with Crippen LogP contribution >= 0.6 is 27.3 Å². The van der Waals surface area contributed by atoms with E-state index in [2.05, 4.69) is 22.0 Å². The molecule has 0 amide bonds. The third kappa shape index (κ3) is 3.03. The summed E-state index contributed by atoms with van der Waals surface area (Å²) < 4.78 is 1.13. The molecular formula is C11H16BrNOS. The molecule has 2 nitrogen and oxygen atoms in total. The maximum Gasteiger partial charge on any atom is 0.0710 e. The van der Waals surface area contributed by atoms with Gasteiger partial charge in [-0.3, -0.25) is 0 Å². The van der Waals surface area contributed by atoms with Crippen LogP contribution in [-0.4, -0.2) is 16.7 Å². The van der Waals surface area contributed by atoms with Gasteiger partial charge in [0.15, 0.2) is 0 Å². The van der Waals surface area contributed by atoms with Crippen molar-refractivity contribution >= 4 is 27.3 Å². The molecule has 2 atom stereocenters. The molecule has 84 valence electrons. The van der Waals surface area contributed by atoms with Crippen molar-refractivity contribution in [2.75, 3.05) is 0 Å². The Hall–Kier alpha value is 0.1000. The van der Waals surface area contributed by atoms with E-state index in [1.807, 2.05) is 6.07 Å². The van der Waals surface area contributed by atoms with Gasteiger partial charge in [0, 0.05) is 17.3 Å². The molecule has 0 spiro atoms. The summed E-state index contributed by atoms with van der Waals surface area (Å²) in [6.07, 6.45) is 4.47. The zero-order valence-electron chi connectivity index (χ0n) is 8.58. The first kappa shape index (κ1) is 11.6. The third-order valence-electron chi connectivity index (χ3n) is 2.99. The number of halogens is 1. The maximum atomic E-state index is 10.4. The zero-order chi connectivity index (χ0) is 10.9. The van der Waals surface area contributed by atoms with Gasteiger partial charge in [-0.15, -0.1) is 11.3 Å². The molecule has 1 aromatic heterocycles. The van der Waals surface area contributed by atoms with Crippen LogP contribution in [0, 0.1) is 0 Å². The average Bonchev–Trinajstić information content (AvgIpc) is 2.49. The standard InChI is InChI=1S/C11H16BrNOS/c12-10-4-3-9(15-10)7-11(14)5-1-2-8(13)6-11/h3-4,8,14H,1-2,5-7,13H2. The minimum absolute atomic E-state index is 0.173. The Labute approximate surface area is 103 Å². The summed E-state index contributed by atoms with van der Waals surface area (Å²) in [6.45, 7) is 0. The first-order valence-corrected chi connectivity index (χ1v) is 6.91. The molecule has 0 bridgehead atoms. The normalized spacial score (nSPS) is 31.8. The molecule has 1 aromatic rings. The van der Waals surface area contributed by atoms with E-state index < -0.39 is 5.60 Å². The smallest absolute Gasteiger partial charge is 0.0710 e. The molecule has 3 N–H and O–H groups in total. The maximum absolute atomic E-state index is 10.4. The van der Waals surface area contributed by atoms with E-state index in [0.717, 1.165) is 35.9 Å². The summed E-state index contributed by atoms with van der Waals surface area (Å²) in [7, 11) is 0. The highest BCUT2D eigenvalue weighted by Gasteiger charge is 2.33. The van der Waals surface area contributed by atoms with Crippen molar-refractivity contribution in [2.24, 2.45) is 5.73 Å². The van der Waals surface area contributed by atoms with Crippen LogP contribution in [0.3, 0.4) is 0 Å². The Kier molecular flexibility index (Phi) is 3.50. The van der Waals surface area contributed by atoms with Crippen LogP contribution in [0.25, 0.3) is 0 Å². The minimum Gasteiger partial charge on any atom is -0.389 e. The van der Waals surface area contributed by atoms with E-state index in [9.17, 15) is 5.11 Å². The van der Waals surface area contributed by atoms with E-state index in [1.165, 1.54) is 4.88 Å². The van der Waals surface area contributed by atoms with E-state index in [4.69, 9.17) is 5.73 Å². The number of hydrogen-bond donors (Lipinski definition) is 2. The Morgan fingerprint density at radius 3 is 3.00 bits per heavy atom. The monoisotopic (exact) mass is 289 g/mol. The van der Waals surface area contributed by atoms with Crippen LogP contribution in [-0.2, 0) is 6.42 Å². The fourth-order valence-electron chi connectivity index (χ4n) is 2.32. The highest BCUT2D eigenvalue weighted by Crippen LogP contribution is 2.33. The molecule has 15 heavy (non-hydrogen) atoms. The second kappa shape index (κ2) is 4.53. The van der Waals surface area contributed by atoms with Crippen molar-refractivity contribution in [1.29, 1.82) is 0 Å². The van der Waals surface area contributed by atoms with Gasteiger partial charge in [0.25, 0.3) is 0 Å². The van der Waals surface area contributed by atoms with Crippen LogP contribution in [0.15, 0.2) is 15.9 Å². The minimum atomic E-state index is -0.567. The van der Waals surface area contributed by atoms with Gasteiger partial charge in [0.1, 0.15) is 0 Å². The lowest BCUT2D eigenvalue weighted by molar-refractivity contribution is -0.00123. The van der Waals surface area contributed by atoms with Crippen molar-refractivity contribution in [3.05, 3.63) is 20.8 Å². The van der Waals surface area contributed by atoms with Crippen molar-refractivity contribution in [1.82, 2.24) is 0 Å². The van der Waals surface area contributed by atoms with E-state index in [0.29, 0.717) is 0 Å². The molecule has 2 unspecified atom stereocenters. The number of aliphatic hydroxyl groups is 1. The SMILES string of the molecule is NC1CCCC(O)(Cc2ccc(Br)s2)C1. The average molecular weight is 290 g/mol. The van der Waals surface area contributed by atoms with Crippen molar-refractivity contribution < 1.29 is 5.11 Å². The van der Waals surface area contributed by atoms with Gasteiger partial charge in [-0.05, 0) is 53.7 Å². The zero-order valence-corrected chi connectivity index (χ0v) is 11.0. The summed E-state index contributed by atoms with van der Waals surface area (Å²) in [4.78, 5) is 1.23. The molecular weight excluding hydrogens is 274 g/mol. The quantitative estimate of drug-likeness (QED) is 0.879. The number of thiophene rings is 1. The topological polar surface area (TPSA) is 46.2 Å². The second-order valence-corrected chi connectivity index (χ2v) is 7.01. The van der Waals surface area contributed by atoms with Crippen LogP contribution in [0.4, 0.5) is 0 Å². The predicted molar refractivity (Wildman–Crippen MR) is 67.1 cm³/mol. The molecule has 1 fully saturated rings. The molecule has 1 heterocycles. The van der Waals surface area contributed by atoms with Gasteiger partial charge in [-0.2, -0.15) is 0 Å². The summed E-state index contributed by atoms with van der Waals surface area (Å²) in [5.41, 5.74) is 5.34. The third-order valence-corrected chi connectivity index (χ3v) is 4.61. The van der Waals surface area contributed by atoms with Gasteiger partial charge >= 0.3 is 0 Å². The van der Waals surface area contributed by atoms with E-state index >= 15 is 0 Å². The largest absolute Gasteiger partial charge is 0.389 e. The van der Waals surface area contributed by atoms with Crippen LogP contribution in [0.2, 0.25) is 0 Å². The Morgan fingerprint density at radius 2 is 2.40 bits per heavy atom. The van der Waals surface area contributed by atoms with Crippen molar-refractivity contribution in [3.8, 4) is 0 Å².